The first-order valence-corrected chi connectivity index (χ1v) is 9.19. The van der Waals surface area contributed by atoms with Gasteiger partial charge in [0.05, 0.1) is 5.69 Å². The summed E-state index contributed by atoms with van der Waals surface area (Å²) in [4.78, 5) is 0. The third-order valence-electron chi connectivity index (χ3n) is 3.05. The van der Waals surface area contributed by atoms with Gasteiger partial charge in [0, 0.05) is 24.1 Å². The van der Waals surface area contributed by atoms with Crippen molar-refractivity contribution in [2.45, 2.75) is 33.2 Å². The summed E-state index contributed by atoms with van der Waals surface area (Å²) in [5.74, 6) is 0. The average Bonchev–Trinajstić information content (AvgIpc) is 2.38. The van der Waals surface area contributed by atoms with E-state index in [1.54, 1.807) is 13.1 Å². The fraction of sp³-hybridized carbons (Fsp3) is 0.571. The van der Waals surface area contributed by atoms with Crippen molar-refractivity contribution in [3.05, 3.63) is 28.2 Å². The van der Waals surface area contributed by atoms with Crippen LogP contribution in [0.3, 0.4) is 0 Å². The Balaban J connectivity index is 2.61. The van der Waals surface area contributed by atoms with Gasteiger partial charge in [-0.05, 0) is 37.6 Å². The quantitative estimate of drug-likeness (QED) is 0.684. The molecule has 0 aliphatic rings. The zero-order chi connectivity index (χ0) is 16.0. The lowest BCUT2D eigenvalue weighted by molar-refractivity contribution is 0.451. The van der Waals surface area contributed by atoms with Crippen molar-refractivity contribution in [3.8, 4) is 0 Å². The van der Waals surface area contributed by atoms with Crippen LogP contribution in [-0.4, -0.2) is 38.9 Å². The zero-order valence-electron chi connectivity index (χ0n) is 13.0. The number of benzene rings is 1. The third kappa shape index (κ3) is 6.34. The Morgan fingerprint density at radius 3 is 2.62 bits per heavy atom. The molecule has 0 atom stereocenters. The molecule has 5 nitrogen and oxygen atoms in total. The lowest BCUT2D eigenvalue weighted by Gasteiger charge is -2.19. The van der Waals surface area contributed by atoms with Gasteiger partial charge in [0.2, 0.25) is 0 Å². The summed E-state index contributed by atoms with van der Waals surface area (Å²) in [6.07, 6.45) is 0.771. The van der Waals surface area contributed by atoms with E-state index in [-0.39, 0.29) is 0 Å². The predicted octanol–water partition coefficient (Wildman–Crippen LogP) is 2.73. The van der Waals surface area contributed by atoms with E-state index < -0.39 is 10.2 Å². The van der Waals surface area contributed by atoms with Gasteiger partial charge in [-0.25, -0.2) is 0 Å². The summed E-state index contributed by atoms with van der Waals surface area (Å²) in [7, 11) is -1.93. The molecule has 7 heteroatoms. The molecule has 0 aromatic heterocycles. The summed E-state index contributed by atoms with van der Waals surface area (Å²) in [5.41, 5.74) is 1.48. The lowest BCUT2D eigenvalue weighted by atomic mass is 10.2. The molecule has 21 heavy (non-hydrogen) atoms. The van der Waals surface area contributed by atoms with Gasteiger partial charge in [-0.15, -0.1) is 0 Å². The number of nitrogens with one attached hydrogen (secondary N) is 2. The predicted molar refractivity (Wildman–Crippen MR) is 91.8 cm³/mol. The maximum absolute atomic E-state index is 12.3. The smallest absolute Gasteiger partial charge is 0.301 e. The summed E-state index contributed by atoms with van der Waals surface area (Å²) >= 11 is 3.35. The molecule has 0 unspecified atom stereocenters. The molecule has 0 aliphatic heterocycles. The van der Waals surface area contributed by atoms with Crippen LogP contribution in [0.2, 0.25) is 0 Å². The van der Waals surface area contributed by atoms with Gasteiger partial charge in [0.25, 0.3) is 0 Å². The highest BCUT2D eigenvalue weighted by atomic mass is 79.9. The van der Waals surface area contributed by atoms with Crippen molar-refractivity contribution in [1.29, 1.82) is 0 Å². The minimum atomic E-state index is -3.52. The molecule has 0 amide bonds. The molecule has 0 spiro atoms. The first-order valence-electron chi connectivity index (χ1n) is 6.96. The molecule has 120 valence electrons. The largest absolute Gasteiger partial charge is 0.314 e. The number of nitrogens with zero attached hydrogens (tertiary/aromatic N) is 1. The number of hydrogen-bond acceptors (Lipinski definition) is 3. The van der Waals surface area contributed by atoms with Crippen LogP contribution in [-0.2, 0) is 10.2 Å². The van der Waals surface area contributed by atoms with Crippen molar-refractivity contribution in [3.63, 3.8) is 0 Å². The molecule has 1 aromatic carbocycles. The molecular formula is C14H24BrN3O2S. The number of halogens is 1. The second-order valence-electron chi connectivity index (χ2n) is 5.35. The van der Waals surface area contributed by atoms with Crippen LogP contribution in [0.5, 0.6) is 0 Å². The van der Waals surface area contributed by atoms with E-state index in [2.05, 4.69) is 39.8 Å². The Hall–Kier alpha value is -0.630. The van der Waals surface area contributed by atoms with Gasteiger partial charge in [-0.1, -0.05) is 35.8 Å². The maximum atomic E-state index is 12.3. The molecule has 1 rings (SSSR count). The highest BCUT2D eigenvalue weighted by molar-refractivity contribution is 9.10. The van der Waals surface area contributed by atoms with Gasteiger partial charge in [0.1, 0.15) is 0 Å². The van der Waals surface area contributed by atoms with Gasteiger partial charge in [-0.2, -0.15) is 12.7 Å². The van der Waals surface area contributed by atoms with E-state index in [0.29, 0.717) is 18.3 Å². The summed E-state index contributed by atoms with van der Waals surface area (Å²) < 4.78 is 29.4. The highest BCUT2D eigenvalue weighted by Gasteiger charge is 2.18. The van der Waals surface area contributed by atoms with Crippen LogP contribution in [0.15, 0.2) is 22.7 Å². The van der Waals surface area contributed by atoms with E-state index in [1.165, 1.54) is 4.31 Å². The number of rotatable bonds is 8. The molecule has 0 fully saturated rings. The van der Waals surface area contributed by atoms with Crippen LogP contribution in [0.1, 0.15) is 25.8 Å². The van der Waals surface area contributed by atoms with Gasteiger partial charge < -0.3 is 5.32 Å². The normalized spacial score (nSPS) is 12.1. The molecule has 0 radical (unpaired) electrons. The molecule has 0 saturated heterocycles. The van der Waals surface area contributed by atoms with E-state index in [1.807, 2.05) is 19.1 Å². The Bertz CT molecular complexity index is 561. The fourth-order valence-corrected chi connectivity index (χ4v) is 3.12. The van der Waals surface area contributed by atoms with E-state index >= 15 is 0 Å². The summed E-state index contributed by atoms with van der Waals surface area (Å²) in [5, 5.41) is 3.27. The minimum absolute atomic E-state index is 0.411. The molecule has 1 aromatic rings. The van der Waals surface area contributed by atoms with E-state index in [9.17, 15) is 8.42 Å². The second-order valence-corrected chi connectivity index (χ2v) is 8.04. The number of anilines is 1. The van der Waals surface area contributed by atoms with Crippen molar-refractivity contribution in [1.82, 2.24) is 9.62 Å². The van der Waals surface area contributed by atoms with E-state index in [4.69, 9.17) is 0 Å². The second kappa shape index (κ2) is 8.12. The molecular weight excluding hydrogens is 354 g/mol. The Morgan fingerprint density at radius 1 is 1.33 bits per heavy atom. The molecule has 2 N–H and O–H groups in total. The van der Waals surface area contributed by atoms with Crippen LogP contribution < -0.4 is 10.0 Å². The topological polar surface area (TPSA) is 61.4 Å². The Morgan fingerprint density at radius 2 is 2.00 bits per heavy atom. The third-order valence-corrected chi connectivity index (χ3v) is 5.03. The standard InChI is InChI=1S/C14H24BrN3O2S/c1-11(2)16-8-5-9-18(4)21(19,20)17-14-10-13(15)7-6-12(14)3/h6-7,10-11,16-17H,5,8-9H2,1-4H3. The fourth-order valence-electron chi connectivity index (χ4n) is 1.73. The van der Waals surface area contributed by atoms with Gasteiger partial charge >= 0.3 is 10.2 Å². The van der Waals surface area contributed by atoms with Gasteiger partial charge in [0.15, 0.2) is 0 Å². The van der Waals surface area contributed by atoms with Crippen LogP contribution in [0.4, 0.5) is 5.69 Å². The number of hydrogen-bond donors (Lipinski definition) is 2. The summed E-state index contributed by atoms with van der Waals surface area (Å²) in [6.45, 7) is 7.28. The van der Waals surface area contributed by atoms with Crippen molar-refractivity contribution < 1.29 is 8.42 Å². The first-order chi connectivity index (χ1) is 9.72. The average molecular weight is 378 g/mol. The van der Waals surface area contributed by atoms with Crippen LogP contribution in [0.25, 0.3) is 0 Å². The lowest BCUT2D eigenvalue weighted by Crippen LogP contribution is -2.35. The Kier molecular flexibility index (Phi) is 7.12. The number of aryl methyl sites for hydroxylation is 1. The van der Waals surface area contributed by atoms with Crippen molar-refractivity contribution in [2.75, 3.05) is 24.9 Å². The monoisotopic (exact) mass is 377 g/mol. The van der Waals surface area contributed by atoms with E-state index in [0.717, 1.165) is 23.0 Å². The first kappa shape index (κ1) is 18.4. The Labute approximate surface area is 136 Å². The van der Waals surface area contributed by atoms with Crippen LogP contribution >= 0.6 is 15.9 Å². The van der Waals surface area contributed by atoms with Crippen molar-refractivity contribution >= 4 is 31.8 Å². The maximum Gasteiger partial charge on any atom is 0.301 e. The highest BCUT2D eigenvalue weighted by Crippen LogP contribution is 2.22. The molecule has 0 saturated carbocycles. The van der Waals surface area contributed by atoms with Crippen molar-refractivity contribution in [2.24, 2.45) is 0 Å². The summed E-state index contributed by atoms with van der Waals surface area (Å²) in [6, 6.07) is 5.93. The van der Waals surface area contributed by atoms with Gasteiger partial charge in [-0.3, -0.25) is 4.72 Å². The molecule has 0 aliphatic carbocycles. The molecule has 0 heterocycles. The minimum Gasteiger partial charge on any atom is -0.314 e. The van der Waals surface area contributed by atoms with Crippen LogP contribution in [0, 0.1) is 6.92 Å². The SMILES string of the molecule is Cc1ccc(Br)cc1NS(=O)(=O)N(C)CCCNC(C)C. The molecule has 0 bridgehead atoms. The zero-order valence-corrected chi connectivity index (χ0v) is 15.4.